The van der Waals surface area contributed by atoms with Crippen molar-refractivity contribution in [1.82, 2.24) is 5.32 Å². The number of rotatable bonds is 4. The number of benzene rings is 1. The van der Waals surface area contributed by atoms with Gasteiger partial charge in [0.25, 0.3) is 5.91 Å². The molecule has 0 aliphatic heterocycles. The van der Waals surface area contributed by atoms with Crippen molar-refractivity contribution < 1.29 is 9.90 Å². The molecule has 0 spiro atoms. The molecule has 1 aromatic rings. The lowest BCUT2D eigenvalue weighted by molar-refractivity contribution is 0.0899. The Morgan fingerprint density at radius 3 is 2.76 bits per heavy atom. The summed E-state index contributed by atoms with van der Waals surface area (Å²) in [5, 5.41) is 11.9. The lowest BCUT2D eigenvalue weighted by Gasteiger charge is -2.25. The van der Waals surface area contributed by atoms with Crippen LogP contribution in [-0.2, 0) is 0 Å². The fourth-order valence-corrected chi connectivity index (χ4v) is 1.65. The van der Waals surface area contributed by atoms with Crippen LogP contribution in [0.2, 0.25) is 5.02 Å². The van der Waals surface area contributed by atoms with Gasteiger partial charge in [-0.25, -0.2) is 0 Å². The third kappa shape index (κ3) is 3.61. The van der Waals surface area contributed by atoms with Crippen molar-refractivity contribution >= 4 is 23.2 Å². The van der Waals surface area contributed by atoms with Gasteiger partial charge in [0, 0.05) is 12.1 Å². The Morgan fingerprint density at radius 2 is 2.18 bits per heavy atom. The van der Waals surface area contributed by atoms with Gasteiger partial charge in [0.05, 0.1) is 16.3 Å². The monoisotopic (exact) mass is 256 g/mol. The highest BCUT2D eigenvalue weighted by molar-refractivity contribution is 6.36. The van der Waals surface area contributed by atoms with Gasteiger partial charge in [-0.2, -0.15) is 0 Å². The second kappa shape index (κ2) is 5.38. The Balaban J connectivity index is 2.87. The van der Waals surface area contributed by atoms with Gasteiger partial charge in [0.1, 0.15) is 0 Å². The van der Waals surface area contributed by atoms with Crippen molar-refractivity contribution in [3.05, 3.63) is 28.8 Å². The maximum absolute atomic E-state index is 12.0. The van der Waals surface area contributed by atoms with E-state index in [2.05, 4.69) is 5.32 Å². The number of carbonyl (C=O) groups is 1. The topological polar surface area (TPSA) is 75.3 Å². The van der Waals surface area contributed by atoms with E-state index in [1.54, 1.807) is 18.2 Å². The number of amides is 1. The number of nitrogens with one attached hydrogen (secondary N) is 1. The number of halogens is 1. The summed E-state index contributed by atoms with van der Waals surface area (Å²) in [6.45, 7) is 3.68. The summed E-state index contributed by atoms with van der Waals surface area (Å²) in [7, 11) is 0. The van der Waals surface area contributed by atoms with Crippen LogP contribution in [-0.4, -0.2) is 23.2 Å². The van der Waals surface area contributed by atoms with Crippen LogP contribution in [0, 0.1) is 0 Å². The highest BCUT2D eigenvalue weighted by atomic mass is 35.5. The summed E-state index contributed by atoms with van der Waals surface area (Å²) < 4.78 is 0. The Bertz CT molecular complexity index is 419. The molecule has 1 rings (SSSR count). The van der Waals surface area contributed by atoms with Crippen molar-refractivity contribution in [3.63, 3.8) is 0 Å². The Kier molecular flexibility index (Phi) is 4.37. The van der Waals surface area contributed by atoms with E-state index in [9.17, 15) is 4.79 Å². The highest BCUT2D eigenvalue weighted by Crippen LogP contribution is 2.23. The molecule has 94 valence electrons. The normalized spacial score (nSPS) is 11.3. The molecule has 17 heavy (non-hydrogen) atoms. The van der Waals surface area contributed by atoms with Crippen LogP contribution < -0.4 is 11.1 Å². The van der Waals surface area contributed by atoms with E-state index in [-0.39, 0.29) is 17.5 Å². The molecule has 4 nitrogen and oxygen atoms in total. The number of hydrogen-bond donors (Lipinski definition) is 3. The summed E-state index contributed by atoms with van der Waals surface area (Å²) in [6.07, 6.45) is 0.471. The number of aliphatic hydroxyl groups excluding tert-OH is 1. The molecule has 0 aromatic heterocycles. The second-order valence-corrected chi connectivity index (χ2v) is 4.90. The summed E-state index contributed by atoms with van der Waals surface area (Å²) in [5.41, 5.74) is 5.86. The maximum Gasteiger partial charge on any atom is 0.253 e. The van der Waals surface area contributed by atoms with Crippen LogP contribution in [0.15, 0.2) is 18.2 Å². The molecule has 4 N–H and O–H groups in total. The number of anilines is 1. The summed E-state index contributed by atoms with van der Waals surface area (Å²) in [5.74, 6) is -0.291. The molecule has 0 aliphatic rings. The minimum Gasteiger partial charge on any atom is -0.398 e. The molecule has 0 saturated heterocycles. The van der Waals surface area contributed by atoms with Crippen molar-refractivity contribution in [2.45, 2.75) is 25.8 Å². The first-order valence-electron chi connectivity index (χ1n) is 5.35. The Hall–Kier alpha value is -1.26. The first kappa shape index (κ1) is 13.8. The predicted molar refractivity (Wildman–Crippen MR) is 69.1 cm³/mol. The highest BCUT2D eigenvalue weighted by Gasteiger charge is 2.22. The molecule has 0 aliphatic carbocycles. The standard InChI is InChI=1S/C12H17ClN2O2/c1-12(2,6-7-16)15-11(17)8-4-3-5-9(14)10(8)13/h3-5,16H,6-7,14H2,1-2H3,(H,15,17). The van der Waals surface area contributed by atoms with Crippen LogP contribution in [0.1, 0.15) is 30.6 Å². The van der Waals surface area contributed by atoms with Crippen LogP contribution in [0.5, 0.6) is 0 Å². The summed E-state index contributed by atoms with van der Waals surface area (Å²) in [4.78, 5) is 12.0. The van der Waals surface area contributed by atoms with Crippen LogP contribution in [0.25, 0.3) is 0 Å². The van der Waals surface area contributed by atoms with Gasteiger partial charge >= 0.3 is 0 Å². The summed E-state index contributed by atoms with van der Waals surface area (Å²) >= 11 is 5.96. The van der Waals surface area contributed by atoms with E-state index in [1.165, 1.54) is 0 Å². The number of nitrogens with two attached hydrogens (primary N) is 1. The quantitative estimate of drug-likeness (QED) is 0.720. The first-order valence-corrected chi connectivity index (χ1v) is 5.72. The minimum absolute atomic E-state index is 0.0118. The number of carbonyl (C=O) groups excluding carboxylic acids is 1. The van der Waals surface area contributed by atoms with Gasteiger partial charge in [-0.3, -0.25) is 4.79 Å². The lowest BCUT2D eigenvalue weighted by atomic mass is 10.0. The van der Waals surface area contributed by atoms with Crippen molar-refractivity contribution in [3.8, 4) is 0 Å². The zero-order chi connectivity index (χ0) is 13.1. The van der Waals surface area contributed by atoms with Crippen molar-refractivity contribution in [2.24, 2.45) is 0 Å². The average Bonchev–Trinajstić information content (AvgIpc) is 2.21. The van der Waals surface area contributed by atoms with Gasteiger partial charge < -0.3 is 16.2 Å². The predicted octanol–water partition coefficient (Wildman–Crippen LogP) is 1.81. The van der Waals surface area contributed by atoms with E-state index in [4.69, 9.17) is 22.4 Å². The second-order valence-electron chi connectivity index (χ2n) is 4.52. The fourth-order valence-electron chi connectivity index (χ4n) is 1.44. The molecule has 0 unspecified atom stereocenters. The first-order chi connectivity index (χ1) is 7.87. The molecule has 0 bridgehead atoms. The van der Waals surface area contributed by atoms with Gasteiger partial charge in [0.15, 0.2) is 0 Å². The number of nitrogen functional groups attached to an aromatic ring is 1. The van der Waals surface area contributed by atoms with Crippen molar-refractivity contribution in [1.29, 1.82) is 0 Å². The van der Waals surface area contributed by atoms with E-state index in [1.807, 2.05) is 13.8 Å². The minimum atomic E-state index is -0.486. The molecule has 1 amide bonds. The lowest BCUT2D eigenvalue weighted by Crippen LogP contribution is -2.44. The fraction of sp³-hybridized carbons (Fsp3) is 0.417. The van der Waals surface area contributed by atoms with E-state index >= 15 is 0 Å². The third-order valence-electron chi connectivity index (χ3n) is 2.46. The smallest absolute Gasteiger partial charge is 0.253 e. The molecule has 1 aromatic carbocycles. The third-order valence-corrected chi connectivity index (χ3v) is 2.88. The Morgan fingerprint density at radius 1 is 1.53 bits per heavy atom. The molecule has 0 saturated carbocycles. The van der Waals surface area contributed by atoms with E-state index in [0.717, 1.165) is 0 Å². The van der Waals surface area contributed by atoms with Gasteiger partial charge in [-0.1, -0.05) is 17.7 Å². The van der Waals surface area contributed by atoms with Gasteiger partial charge in [0.2, 0.25) is 0 Å². The largest absolute Gasteiger partial charge is 0.398 e. The molecule has 0 fully saturated rings. The maximum atomic E-state index is 12.0. The van der Waals surface area contributed by atoms with E-state index < -0.39 is 5.54 Å². The van der Waals surface area contributed by atoms with E-state index in [0.29, 0.717) is 17.7 Å². The van der Waals surface area contributed by atoms with Gasteiger partial charge in [-0.05, 0) is 32.4 Å². The SMILES string of the molecule is CC(C)(CCO)NC(=O)c1cccc(N)c1Cl. The Labute approximate surface area is 106 Å². The summed E-state index contributed by atoms with van der Waals surface area (Å²) in [6, 6.07) is 4.93. The van der Waals surface area contributed by atoms with Crippen molar-refractivity contribution in [2.75, 3.05) is 12.3 Å². The zero-order valence-corrected chi connectivity index (χ0v) is 10.7. The molecular formula is C12H17ClN2O2. The van der Waals surface area contributed by atoms with Gasteiger partial charge in [-0.15, -0.1) is 0 Å². The molecular weight excluding hydrogens is 240 g/mol. The van der Waals surface area contributed by atoms with Crippen LogP contribution in [0.3, 0.4) is 0 Å². The zero-order valence-electron chi connectivity index (χ0n) is 9.96. The molecule has 0 atom stereocenters. The van der Waals surface area contributed by atoms with Crippen LogP contribution in [0.4, 0.5) is 5.69 Å². The average molecular weight is 257 g/mol. The number of aliphatic hydroxyl groups is 1. The number of hydrogen-bond acceptors (Lipinski definition) is 3. The molecule has 0 heterocycles. The molecule has 0 radical (unpaired) electrons. The molecule has 5 heteroatoms. The van der Waals surface area contributed by atoms with Crippen LogP contribution >= 0.6 is 11.6 Å².